The normalized spacial score (nSPS) is 17.1. The zero-order chi connectivity index (χ0) is 11.3. The summed E-state index contributed by atoms with van der Waals surface area (Å²) >= 11 is 0. The summed E-state index contributed by atoms with van der Waals surface area (Å²) < 4.78 is 0. The third-order valence-electron chi connectivity index (χ3n) is 2.58. The number of nitrogens with two attached hydrogens (primary N) is 1. The van der Waals surface area contributed by atoms with Gasteiger partial charge in [0.1, 0.15) is 0 Å². The van der Waals surface area contributed by atoms with Crippen molar-refractivity contribution >= 4 is 11.9 Å². The Bertz CT molecular complexity index is 239. The molecule has 0 aliphatic heterocycles. The molecule has 1 unspecified atom stereocenters. The number of carbonyl (C=O) groups is 2. The summed E-state index contributed by atoms with van der Waals surface area (Å²) in [6, 6.07) is -1.16. The number of rotatable bonds is 6. The van der Waals surface area contributed by atoms with Crippen molar-refractivity contribution in [3.63, 3.8) is 0 Å². The van der Waals surface area contributed by atoms with E-state index in [0.717, 1.165) is 18.9 Å². The van der Waals surface area contributed by atoms with Crippen LogP contribution in [0.5, 0.6) is 0 Å². The molecule has 4 N–H and O–H groups in total. The minimum atomic E-state index is -0.799. The monoisotopic (exact) mass is 213 g/mol. The molecule has 0 aromatic carbocycles. The lowest BCUT2D eigenvalue weighted by atomic mass is 10.2. The maximum absolute atomic E-state index is 11.2. The predicted octanol–water partition coefficient (Wildman–Crippen LogP) is 0.350. The van der Waals surface area contributed by atoms with Crippen LogP contribution in [0.2, 0.25) is 0 Å². The summed E-state index contributed by atoms with van der Waals surface area (Å²) in [6.07, 6.45) is 5.03. The molecule has 0 spiro atoms. The van der Waals surface area contributed by atoms with Crippen molar-refractivity contribution in [3.8, 4) is 0 Å². The molecular formula is C10H19N3O2. The highest BCUT2D eigenvalue weighted by molar-refractivity contribution is 5.96. The van der Waals surface area contributed by atoms with E-state index in [-0.39, 0.29) is 11.9 Å². The number of primary amides is 1. The number of carbonyl (C=O) groups excluding carboxylic acids is 2. The Balaban J connectivity index is 2.02. The molecule has 0 aromatic heterocycles. The number of hydrogen-bond acceptors (Lipinski definition) is 3. The molecule has 15 heavy (non-hydrogen) atoms. The van der Waals surface area contributed by atoms with Gasteiger partial charge in [-0.05, 0) is 32.2 Å². The fraction of sp³-hybridized carbons (Fsp3) is 0.800. The Hall–Kier alpha value is -1.10. The third kappa shape index (κ3) is 5.37. The Morgan fingerprint density at radius 1 is 1.47 bits per heavy atom. The molecule has 1 saturated carbocycles. The number of amides is 3. The van der Waals surface area contributed by atoms with Gasteiger partial charge in [-0.15, -0.1) is 0 Å². The third-order valence-corrected chi connectivity index (χ3v) is 2.58. The Kier molecular flexibility index (Phi) is 4.55. The van der Waals surface area contributed by atoms with Gasteiger partial charge in [-0.25, -0.2) is 4.79 Å². The molecule has 0 saturated heterocycles. The SMILES string of the molecule is CC(NCCCC1CC1)C(=O)NC(N)=O. The molecule has 0 bridgehead atoms. The second-order valence-electron chi connectivity index (χ2n) is 4.11. The van der Waals surface area contributed by atoms with Gasteiger partial charge in [-0.3, -0.25) is 10.1 Å². The van der Waals surface area contributed by atoms with Gasteiger partial charge in [0.25, 0.3) is 0 Å². The van der Waals surface area contributed by atoms with Crippen LogP contribution in [-0.4, -0.2) is 24.5 Å². The smallest absolute Gasteiger partial charge is 0.318 e. The van der Waals surface area contributed by atoms with Crippen molar-refractivity contribution in [2.45, 2.75) is 38.6 Å². The van der Waals surface area contributed by atoms with Gasteiger partial charge in [-0.2, -0.15) is 0 Å². The fourth-order valence-corrected chi connectivity index (χ4v) is 1.44. The molecule has 5 nitrogen and oxygen atoms in total. The zero-order valence-corrected chi connectivity index (χ0v) is 9.08. The van der Waals surface area contributed by atoms with Crippen molar-refractivity contribution in [3.05, 3.63) is 0 Å². The molecule has 1 aliphatic rings. The number of imide groups is 1. The molecule has 0 radical (unpaired) electrons. The lowest BCUT2D eigenvalue weighted by Gasteiger charge is -2.11. The molecule has 86 valence electrons. The molecule has 0 heterocycles. The molecule has 1 fully saturated rings. The van der Waals surface area contributed by atoms with E-state index in [1.54, 1.807) is 6.92 Å². The highest BCUT2D eigenvalue weighted by Crippen LogP contribution is 2.33. The van der Waals surface area contributed by atoms with Crippen LogP contribution in [0, 0.1) is 5.92 Å². The second-order valence-corrected chi connectivity index (χ2v) is 4.11. The first-order chi connectivity index (χ1) is 7.09. The molecule has 1 atom stereocenters. The summed E-state index contributed by atoms with van der Waals surface area (Å²) in [6.45, 7) is 2.53. The quantitative estimate of drug-likeness (QED) is 0.557. The van der Waals surface area contributed by atoms with Crippen LogP contribution in [0.15, 0.2) is 0 Å². The zero-order valence-electron chi connectivity index (χ0n) is 9.08. The van der Waals surface area contributed by atoms with Crippen LogP contribution >= 0.6 is 0 Å². The van der Waals surface area contributed by atoms with Crippen molar-refractivity contribution in [1.82, 2.24) is 10.6 Å². The topological polar surface area (TPSA) is 84.2 Å². The molecule has 0 aromatic rings. The standard InChI is InChI=1S/C10H19N3O2/c1-7(9(14)13-10(11)15)12-6-2-3-8-4-5-8/h7-8,12H,2-6H2,1H3,(H3,11,13,14,15). The minimum absolute atomic E-state index is 0.364. The first-order valence-electron chi connectivity index (χ1n) is 5.43. The van der Waals surface area contributed by atoms with E-state index in [9.17, 15) is 9.59 Å². The van der Waals surface area contributed by atoms with Crippen molar-refractivity contribution in [2.24, 2.45) is 11.7 Å². The molecule has 1 rings (SSSR count). The van der Waals surface area contributed by atoms with Crippen LogP contribution in [-0.2, 0) is 4.79 Å². The van der Waals surface area contributed by atoms with Gasteiger partial charge in [0.05, 0.1) is 6.04 Å². The minimum Gasteiger partial charge on any atom is -0.351 e. The van der Waals surface area contributed by atoms with E-state index in [1.807, 2.05) is 5.32 Å². The largest absolute Gasteiger partial charge is 0.351 e. The summed E-state index contributed by atoms with van der Waals surface area (Å²) in [7, 11) is 0. The van der Waals surface area contributed by atoms with Crippen LogP contribution in [0.25, 0.3) is 0 Å². The van der Waals surface area contributed by atoms with Gasteiger partial charge in [0, 0.05) is 0 Å². The van der Waals surface area contributed by atoms with Gasteiger partial charge < -0.3 is 11.1 Å². The van der Waals surface area contributed by atoms with Crippen molar-refractivity contribution in [2.75, 3.05) is 6.54 Å². The molecule has 5 heteroatoms. The highest BCUT2D eigenvalue weighted by atomic mass is 16.2. The van der Waals surface area contributed by atoms with Gasteiger partial charge >= 0.3 is 6.03 Å². The lowest BCUT2D eigenvalue weighted by Crippen LogP contribution is -2.46. The average Bonchev–Trinajstić information content (AvgIpc) is 2.94. The summed E-state index contributed by atoms with van der Waals surface area (Å²) in [4.78, 5) is 21.6. The van der Waals surface area contributed by atoms with Gasteiger partial charge in [0.15, 0.2) is 0 Å². The highest BCUT2D eigenvalue weighted by Gasteiger charge is 2.20. The number of urea groups is 1. The van der Waals surface area contributed by atoms with E-state index < -0.39 is 6.03 Å². The molecule has 3 amide bonds. The van der Waals surface area contributed by atoms with Crippen molar-refractivity contribution < 1.29 is 9.59 Å². The Labute approximate surface area is 89.8 Å². The number of hydrogen-bond donors (Lipinski definition) is 3. The van der Waals surface area contributed by atoms with E-state index in [1.165, 1.54) is 19.3 Å². The Morgan fingerprint density at radius 3 is 2.67 bits per heavy atom. The first-order valence-corrected chi connectivity index (χ1v) is 5.43. The summed E-state index contributed by atoms with van der Waals surface area (Å²) in [5.41, 5.74) is 4.84. The Morgan fingerprint density at radius 2 is 2.13 bits per heavy atom. The van der Waals surface area contributed by atoms with Gasteiger partial charge in [-0.1, -0.05) is 12.8 Å². The van der Waals surface area contributed by atoms with Crippen LogP contribution in [0.4, 0.5) is 4.79 Å². The first kappa shape index (κ1) is 12.0. The molecule has 1 aliphatic carbocycles. The number of nitrogens with one attached hydrogen (secondary N) is 2. The van der Waals surface area contributed by atoms with E-state index in [4.69, 9.17) is 5.73 Å². The second kappa shape index (κ2) is 5.70. The van der Waals surface area contributed by atoms with Crippen LogP contribution < -0.4 is 16.4 Å². The predicted molar refractivity (Wildman–Crippen MR) is 57.1 cm³/mol. The van der Waals surface area contributed by atoms with E-state index in [0.29, 0.717) is 0 Å². The van der Waals surface area contributed by atoms with E-state index >= 15 is 0 Å². The average molecular weight is 213 g/mol. The van der Waals surface area contributed by atoms with Crippen LogP contribution in [0.1, 0.15) is 32.6 Å². The van der Waals surface area contributed by atoms with Crippen molar-refractivity contribution in [1.29, 1.82) is 0 Å². The maximum atomic E-state index is 11.2. The summed E-state index contributed by atoms with van der Waals surface area (Å²) in [5.74, 6) is 0.551. The summed E-state index contributed by atoms with van der Waals surface area (Å²) in [5, 5.41) is 5.09. The fourth-order valence-electron chi connectivity index (χ4n) is 1.44. The lowest BCUT2D eigenvalue weighted by molar-refractivity contribution is -0.121. The van der Waals surface area contributed by atoms with Crippen LogP contribution in [0.3, 0.4) is 0 Å². The molecular weight excluding hydrogens is 194 g/mol. The van der Waals surface area contributed by atoms with Gasteiger partial charge in [0.2, 0.25) is 5.91 Å². The van der Waals surface area contributed by atoms with E-state index in [2.05, 4.69) is 5.32 Å². The maximum Gasteiger partial charge on any atom is 0.318 e.